The van der Waals surface area contributed by atoms with Crippen LogP contribution in [0.25, 0.3) is 16.1 Å². The molecule has 3 aromatic rings. The Balaban J connectivity index is 1.65. The zero-order valence-electron chi connectivity index (χ0n) is 15.9. The maximum absolute atomic E-state index is 12.8. The summed E-state index contributed by atoms with van der Waals surface area (Å²) in [7, 11) is 0. The lowest BCUT2D eigenvalue weighted by molar-refractivity contribution is 0.0997. The van der Waals surface area contributed by atoms with Crippen molar-refractivity contribution in [3.05, 3.63) is 82.3 Å². The number of primary amides is 1. The van der Waals surface area contributed by atoms with Gasteiger partial charge in [-0.05, 0) is 17.7 Å². The molecule has 3 N–H and O–H groups in total. The number of rotatable bonds is 3. The molecule has 30 heavy (non-hydrogen) atoms. The van der Waals surface area contributed by atoms with Crippen LogP contribution in [0.15, 0.2) is 54.6 Å². The van der Waals surface area contributed by atoms with Crippen LogP contribution in [0.5, 0.6) is 0 Å². The lowest BCUT2D eigenvalue weighted by Gasteiger charge is -2.30. The van der Waals surface area contributed by atoms with Crippen LogP contribution >= 0.6 is 11.6 Å². The van der Waals surface area contributed by atoms with E-state index in [-0.39, 0.29) is 18.1 Å². The molecule has 0 saturated heterocycles. The minimum absolute atomic E-state index is 0.194. The van der Waals surface area contributed by atoms with Gasteiger partial charge in [-0.25, -0.2) is 9.64 Å². The normalized spacial score (nSPS) is 12.7. The number of halogens is 1. The highest BCUT2D eigenvalue weighted by atomic mass is 35.5. The molecule has 0 fully saturated rings. The van der Waals surface area contributed by atoms with Crippen molar-refractivity contribution in [2.45, 2.75) is 13.1 Å². The monoisotopic (exact) mass is 419 g/mol. The third kappa shape index (κ3) is 3.49. The molecule has 0 atom stereocenters. The Hall–Kier alpha value is -3.76. The second-order valence-corrected chi connectivity index (χ2v) is 7.26. The van der Waals surface area contributed by atoms with E-state index in [1.807, 2.05) is 34.9 Å². The Bertz CT molecular complexity index is 1180. The van der Waals surface area contributed by atoms with Gasteiger partial charge in [0.25, 0.3) is 5.91 Å². The van der Waals surface area contributed by atoms with Gasteiger partial charge in [0.2, 0.25) is 0 Å². The van der Waals surface area contributed by atoms with Crippen LogP contribution in [0.3, 0.4) is 0 Å². The maximum atomic E-state index is 12.8. The largest absolute Gasteiger partial charge is 0.365 e. The molecule has 2 heterocycles. The minimum Gasteiger partial charge on any atom is -0.365 e. The quantitative estimate of drug-likeness (QED) is 0.612. The fraction of sp³-hybridized carbons (Fsp3) is 0.136. The molecule has 1 aliphatic rings. The fourth-order valence-electron chi connectivity index (χ4n) is 3.68. The van der Waals surface area contributed by atoms with E-state index in [1.165, 1.54) is 0 Å². The Morgan fingerprint density at radius 2 is 1.87 bits per heavy atom. The summed E-state index contributed by atoms with van der Waals surface area (Å²) in [4.78, 5) is 29.9. The zero-order chi connectivity index (χ0) is 21.3. The molecule has 150 valence electrons. The molecule has 2 aromatic carbocycles. The van der Waals surface area contributed by atoms with Crippen molar-refractivity contribution in [2.24, 2.45) is 5.73 Å². The number of hydrogen-bond donors (Lipinski definition) is 2. The third-order valence-electron chi connectivity index (χ3n) is 5.05. The number of fused-ring (bicyclic) bond motifs is 1. The highest BCUT2D eigenvalue weighted by Crippen LogP contribution is 2.37. The van der Waals surface area contributed by atoms with E-state index in [4.69, 9.17) is 23.9 Å². The molecular formula is C22H18ClN5O2. The van der Waals surface area contributed by atoms with Crippen LogP contribution < -0.4 is 11.1 Å². The number of urea groups is 1. The van der Waals surface area contributed by atoms with Crippen molar-refractivity contribution in [3.63, 3.8) is 0 Å². The number of amides is 3. The summed E-state index contributed by atoms with van der Waals surface area (Å²) < 4.78 is 1.96. The Kier molecular flexibility index (Phi) is 5.17. The van der Waals surface area contributed by atoms with Crippen molar-refractivity contribution in [2.75, 3.05) is 11.9 Å². The summed E-state index contributed by atoms with van der Waals surface area (Å²) >= 11 is 6.57. The average Bonchev–Trinajstić information content (AvgIpc) is 3.05. The number of anilines is 1. The second kappa shape index (κ2) is 7.93. The summed E-state index contributed by atoms with van der Waals surface area (Å²) in [5.41, 5.74) is 9.06. The highest BCUT2D eigenvalue weighted by Gasteiger charge is 2.31. The van der Waals surface area contributed by atoms with Gasteiger partial charge in [-0.15, -0.1) is 0 Å². The predicted octanol–water partition coefficient (Wildman–Crippen LogP) is 4.51. The molecule has 4 rings (SSSR count). The first-order chi connectivity index (χ1) is 14.5. The summed E-state index contributed by atoms with van der Waals surface area (Å²) in [6, 6.07) is 15.9. The van der Waals surface area contributed by atoms with Crippen LogP contribution in [0, 0.1) is 6.57 Å². The standard InChI is InChI=1S/C22H18ClN5O2/c1-25-15-8-5-9-16(12-15)26-22(30)27-10-11-28-17(13-27)18(21(24)29)19(23)20(28)14-6-3-2-4-7-14/h2-9,12H,10-11,13H2,(H2,24,29)(H,26,30). The van der Waals surface area contributed by atoms with E-state index in [1.54, 1.807) is 29.2 Å². The lowest BCUT2D eigenvalue weighted by atomic mass is 10.1. The van der Waals surface area contributed by atoms with Crippen molar-refractivity contribution < 1.29 is 9.59 Å². The van der Waals surface area contributed by atoms with Crippen molar-refractivity contribution in [3.8, 4) is 11.3 Å². The topological polar surface area (TPSA) is 84.7 Å². The molecule has 1 aliphatic heterocycles. The number of hydrogen-bond acceptors (Lipinski definition) is 2. The van der Waals surface area contributed by atoms with Gasteiger partial charge in [-0.3, -0.25) is 4.79 Å². The summed E-state index contributed by atoms with van der Waals surface area (Å²) in [6.07, 6.45) is 0. The van der Waals surface area contributed by atoms with E-state index < -0.39 is 5.91 Å². The zero-order valence-corrected chi connectivity index (χ0v) is 16.7. The SMILES string of the molecule is [C-]#[N+]c1cccc(NC(=O)N2CCn3c(c(C(N)=O)c(Cl)c3-c3ccccc3)C2)c1. The first-order valence-corrected chi connectivity index (χ1v) is 9.67. The van der Waals surface area contributed by atoms with Gasteiger partial charge in [0.05, 0.1) is 35.1 Å². The predicted molar refractivity (Wildman–Crippen MR) is 116 cm³/mol. The molecular weight excluding hydrogens is 402 g/mol. The molecule has 3 amide bonds. The molecule has 0 saturated carbocycles. The summed E-state index contributed by atoms with van der Waals surface area (Å²) in [6.45, 7) is 8.20. The maximum Gasteiger partial charge on any atom is 0.322 e. The van der Waals surface area contributed by atoms with E-state index >= 15 is 0 Å². The number of carbonyl (C=O) groups excluding carboxylic acids is 2. The Morgan fingerprint density at radius 3 is 2.57 bits per heavy atom. The first kappa shape index (κ1) is 19.6. The Labute approximate surface area is 178 Å². The van der Waals surface area contributed by atoms with E-state index in [2.05, 4.69) is 10.2 Å². The molecule has 0 spiro atoms. The van der Waals surface area contributed by atoms with E-state index in [0.29, 0.717) is 35.2 Å². The third-order valence-corrected chi connectivity index (χ3v) is 5.42. The first-order valence-electron chi connectivity index (χ1n) is 9.29. The molecule has 0 aliphatic carbocycles. The van der Waals surface area contributed by atoms with Gasteiger partial charge < -0.3 is 20.5 Å². The minimum atomic E-state index is -0.627. The van der Waals surface area contributed by atoms with Gasteiger partial charge in [-0.1, -0.05) is 54.1 Å². The lowest BCUT2D eigenvalue weighted by Crippen LogP contribution is -2.41. The number of nitrogens with one attached hydrogen (secondary N) is 1. The van der Waals surface area contributed by atoms with Gasteiger partial charge >= 0.3 is 6.03 Å². The van der Waals surface area contributed by atoms with E-state index in [9.17, 15) is 9.59 Å². The van der Waals surface area contributed by atoms with Crippen LogP contribution in [0.2, 0.25) is 5.02 Å². The van der Waals surface area contributed by atoms with Crippen LogP contribution in [-0.2, 0) is 13.1 Å². The van der Waals surface area contributed by atoms with Crippen molar-refractivity contribution in [1.82, 2.24) is 9.47 Å². The molecule has 0 unspecified atom stereocenters. The Morgan fingerprint density at radius 1 is 1.10 bits per heavy atom. The van der Waals surface area contributed by atoms with E-state index in [0.717, 1.165) is 11.3 Å². The number of nitrogens with two attached hydrogens (primary N) is 1. The van der Waals surface area contributed by atoms with Crippen LogP contribution in [-0.4, -0.2) is 28.0 Å². The molecule has 1 aromatic heterocycles. The number of carbonyl (C=O) groups is 2. The number of benzene rings is 2. The summed E-state index contributed by atoms with van der Waals surface area (Å²) in [5.74, 6) is -0.627. The van der Waals surface area contributed by atoms with Crippen molar-refractivity contribution in [1.29, 1.82) is 0 Å². The molecule has 8 heteroatoms. The second-order valence-electron chi connectivity index (χ2n) is 6.88. The average molecular weight is 420 g/mol. The fourth-order valence-corrected chi connectivity index (χ4v) is 4.10. The number of nitrogens with zero attached hydrogens (tertiary/aromatic N) is 3. The smallest absolute Gasteiger partial charge is 0.322 e. The van der Waals surface area contributed by atoms with Crippen molar-refractivity contribution >= 4 is 34.9 Å². The number of aromatic nitrogens is 1. The van der Waals surface area contributed by atoms with Gasteiger partial charge in [0.15, 0.2) is 5.69 Å². The van der Waals surface area contributed by atoms with Gasteiger partial charge in [0.1, 0.15) is 0 Å². The highest BCUT2D eigenvalue weighted by molar-refractivity contribution is 6.36. The van der Waals surface area contributed by atoms with Gasteiger partial charge in [0, 0.05) is 18.8 Å². The molecule has 0 bridgehead atoms. The summed E-state index contributed by atoms with van der Waals surface area (Å²) in [5, 5.41) is 3.11. The van der Waals surface area contributed by atoms with Gasteiger partial charge in [-0.2, -0.15) is 0 Å². The molecule has 0 radical (unpaired) electrons. The molecule has 7 nitrogen and oxygen atoms in total. The van der Waals surface area contributed by atoms with Crippen LogP contribution in [0.1, 0.15) is 16.1 Å². The van der Waals surface area contributed by atoms with Crippen LogP contribution in [0.4, 0.5) is 16.2 Å².